The first-order valence-electron chi connectivity index (χ1n) is 7.48. The zero-order valence-electron chi connectivity index (χ0n) is 12.4. The van der Waals surface area contributed by atoms with E-state index in [4.69, 9.17) is 4.74 Å². The first-order chi connectivity index (χ1) is 10.1. The summed E-state index contributed by atoms with van der Waals surface area (Å²) < 4.78 is 32.6. The van der Waals surface area contributed by atoms with E-state index in [-0.39, 0.29) is 0 Å². The fraction of sp³-hybridized carbons (Fsp3) is 0.714. The number of sulfonamides is 1. The SMILES string of the molecule is CCNCCc1ccc(S(=O)(=O)NCCOCC2CC2)s1. The number of nitrogens with one attached hydrogen (secondary N) is 2. The highest BCUT2D eigenvalue weighted by molar-refractivity contribution is 7.91. The molecular formula is C14H24N2O3S2. The average Bonchev–Trinajstić information content (AvgIpc) is 3.14. The number of hydrogen-bond donors (Lipinski definition) is 2. The van der Waals surface area contributed by atoms with E-state index in [2.05, 4.69) is 17.0 Å². The molecule has 0 aromatic carbocycles. The molecule has 0 bridgehead atoms. The van der Waals surface area contributed by atoms with E-state index in [9.17, 15) is 8.42 Å². The van der Waals surface area contributed by atoms with Crippen LogP contribution in [0.2, 0.25) is 0 Å². The highest BCUT2D eigenvalue weighted by Crippen LogP contribution is 2.28. The molecule has 0 aliphatic heterocycles. The van der Waals surface area contributed by atoms with E-state index in [0.717, 1.165) is 31.0 Å². The second-order valence-corrected chi connectivity index (χ2v) is 8.40. The summed E-state index contributed by atoms with van der Waals surface area (Å²) in [6.45, 7) is 5.39. The first kappa shape index (κ1) is 16.9. The third-order valence-corrected chi connectivity index (χ3v) is 6.39. The van der Waals surface area contributed by atoms with Gasteiger partial charge in [0.05, 0.1) is 6.61 Å². The van der Waals surface area contributed by atoms with Gasteiger partial charge >= 0.3 is 0 Å². The van der Waals surface area contributed by atoms with Gasteiger partial charge < -0.3 is 10.1 Å². The van der Waals surface area contributed by atoms with Crippen molar-refractivity contribution in [2.24, 2.45) is 5.92 Å². The van der Waals surface area contributed by atoms with Gasteiger partial charge in [-0.2, -0.15) is 0 Å². The lowest BCUT2D eigenvalue weighted by Crippen LogP contribution is -2.27. The van der Waals surface area contributed by atoms with E-state index < -0.39 is 10.0 Å². The average molecular weight is 332 g/mol. The van der Waals surface area contributed by atoms with Crippen LogP contribution in [-0.2, 0) is 21.2 Å². The van der Waals surface area contributed by atoms with Gasteiger partial charge in [-0.3, -0.25) is 0 Å². The van der Waals surface area contributed by atoms with Crippen LogP contribution in [0.4, 0.5) is 0 Å². The lowest BCUT2D eigenvalue weighted by atomic mass is 10.3. The molecule has 0 spiro atoms. The van der Waals surface area contributed by atoms with Crippen molar-refractivity contribution in [3.8, 4) is 0 Å². The minimum atomic E-state index is -3.39. The monoisotopic (exact) mass is 332 g/mol. The summed E-state index contributed by atoms with van der Waals surface area (Å²) in [7, 11) is -3.39. The van der Waals surface area contributed by atoms with Crippen LogP contribution in [0.25, 0.3) is 0 Å². The fourth-order valence-corrected chi connectivity index (χ4v) is 4.29. The molecule has 1 heterocycles. The van der Waals surface area contributed by atoms with Crippen LogP contribution >= 0.6 is 11.3 Å². The van der Waals surface area contributed by atoms with Crippen LogP contribution in [0.3, 0.4) is 0 Å². The Hall–Kier alpha value is -0.470. The molecule has 0 unspecified atom stereocenters. The number of ether oxygens (including phenoxy) is 1. The summed E-state index contributed by atoms with van der Waals surface area (Å²) in [5.74, 6) is 0.707. The molecule has 0 radical (unpaired) electrons. The van der Waals surface area contributed by atoms with Gasteiger partial charge in [0, 0.05) is 18.0 Å². The predicted octanol–water partition coefficient (Wildman–Crippen LogP) is 1.60. The molecule has 2 rings (SSSR count). The summed E-state index contributed by atoms with van der Waals surface area (Å²) in [5.41, 5.74) is 0. The Morgan fingerprint density at radius 2 is 2.14 bits per heavy atom. The molecule has 1 aromatic rings. The molecule has 7 heteroatoms. The third kappa shape index (κ3) is 6.04. The highest BCUT2D eigenvalue weighted by Gasteiger charge is 2.21. The topological polar surface area (TPSA) is 67.4 Å². The summed E-state index contributed by atoms with van der Waals surface area (Å²) >= 11 is 1.34. The molecule has 5 nitrogen and oxygen atoms in total. The minimum absolute atomic E-state index is 0.333. The molecule has 1 aliphatic rings. The Labute approximate surface area is 131 Å². The van der Waals surface area contributed by atoms with Gasteiger partial charge in [0.2, 0.25) is 10.0 Å². The van der Waals surface area contributed by atoms with Crippen LogP contribution < -0.4 is 10.0 Å². The summed E-state index contributed by atoms with van der Waals surface area (Å²) in [5, 5.41) is 3.23. The van der Waals surface area contributed by atoms with Crippen LogP contribution in [0, 0.1) is 5.92 Å². The zero-order valence-corrected chi connectivity index (χ0v) is 14.1. The minimum Gasteiger partial charge on any atom is -0.380 e. The second-order valence-electron chi connectivity index (χ2n) is 5.24. The Morgan fingerprint density at radius 1 is 1.33 bits per heavy atom. The third-order valence-electron chi connectivity index (χ3n) is 3.29. The Bertz CT molecular complexity index is 524. The normalized spacial score (nSPS) is 15.5. The van der Waals surface area contributed by atoms with Gasteiger partial charge in [-0.1, -0.05) is 6.92 Å². The number of thiophene rings is 1. The molecule has 0 amide bonds. The Balaban J connectivity index is 1.72. The van der Waals surface area contributed by atoms with Gasteiger partial charge in [0.25, 0.3) is 0 Å². The van der Waals surface area contributed by atoms with E-state index in [1.165, 1.54) is 24.2 Å². The first-order valence-corrected chi connectivity index (χ1v) is 9.78. The van der Waals surface area contributed by atoms with Crippen LogP contribution in [-0.4, -0.2) is 41.3 Å². The molecule has 1 saturated carbocycles. The molecular weight excluding hydrogens is 308 g/mol. The lowest BCUT2D eigenvalue weighted by molar-refractivity contribution is 0.129. The van der Waals surface area contributed by atoms with Crippen molar-refractivity contribution in [2.45, 2.75) is 30.4 Å². The molecule has 1 fully saturated rings. The maximum Gasteiger partial charge on any atom is 0.250 e. The maximum absolute atomic E-state index is 12.1. The largest absolute Gasteiger partial charge is 0.380 e. The summed E-state index contributed by atoms with van der Waals surface area (Å²) in [6.07, 6.45) is 3.35. The summed E-state index contributed by atoms with van der Waals surface area (Å²) in [6, 6.07) is 3.57. The molecule has 1 aliphatic carbocycles. The van der Waals surface area contributed by atoms with Crippen molar-refractivity contribution in [1.29, 1.82) is 0 Å². The smallest absolute Gasteiger partial charge is 0.250 e. The van der Waals surface area contributed by atoms with E-state index in [1.54, 1.807) is 6.07 Å². The maximum atomic E-state index is 12.1. The van der Waals surface area contributed by atoms with Crippen molar-refractivity contribution >= 4 is 21.4 Å². The van der Waals surface area contributed by atoms with Crippen LogP contribution in [0.5, 0.6) is 0 Å². The molecule has 21 heavy (non-hydrogen) atoms. The molecule has 1 aromatic heterocycles. The molecule has 0 atom stereocenters. The quantitative estimate of drug-likeness (QED) is 0.604. The number of likely N-dealkylation sites (N-methyl/N-ethyl adjacent to an activating group) is 1. The highest BCUT2D eigenvalue weighted by atomic mass is 32.2. The molecule has 0 saturated heterocycles. The van der Waals surface area contributed by atoms with E-state index in [0.29, 0.717) is 23.3 Å². The van der Waals surface area contributed by atoms with E-state index >= 15 is 0 Å². The zero-order chi connectivity index (χ0) is 15.1. The molecule has 120 valence electrons. The van der Waals surface area contributed by atoms with Gasteiger partial charge in [-0.05, 0) is 50.4 Å². The van der Waals surface area contributed by atoms with Gasteiger partial charge in [0.15, 0.2) is 0 Å². The van der Waals surface area contributed by atoms with Crippen molar-refractivity contribution in [3.05, 3.63) is 17.0 Å². The standard InChI is InChI=1S/C14H24N2O3S2/c1-2-15-8-7-13-5-6-14(20-13)21(17,18)16-9-10-19-11-12-3-4-12/h5-6,12,15-16H,2-4,7-11H2,1H3. The van der Waals surface area contributed by atoms with Gasteiger partial charge in [-0.25, -0.2) is 13.1 Å². The summed E-state index contributed by atoms with van der Waals surface area (Å²) in [4.78, 5) is 1.08. The van der Waals surface area contributed by atoms with Crippen molar-refractivity contribution < 1.29 is 13.2 Å². The van der Waals surface area contributed by atoms with Crippen molar-refractivity contribution in [2.75, 3.05) is 32.8 Å². The van der Waals surface area contributed by atoms with E-state index in [1.807, 2.05) is 6.07 Å². The van der Waals surface area contributed by atoms with Gasteiger partial charge in [-0.15, -0.1) is 11.3 Å². The Kier molecular flexibility index (Phi) is 6.63. The molecule has 2 N–H and O–H groups in total. The van der Waals surface area contributed by atoms with Crippen LogP contribution in [0.15, 0.2) is 16.3 Å². The van der Waals surface area contributed by atoms with Gasteiger partial charge in [0.1, 0.15) is 4.21 Å². The number of rotatable bonds is 11. The predicted molar refractivity (Wildman–Crippen MR) is 85.3 cm³/mol. The van der Waals surface area contributed by atoms with Crippen molar-refractivity contribution in [3.63, 3.8) is 0 Å². The van der Waals surface area contributed by atoms with Crippen LogP contribution in [0.1, 0.15) is 24.6 Å². The second kappa shape index (κ2) is 8.24. The fourth-order valence-electron chi connectivity index (χ4n) is 1.88. The Morgan fingerprint density at radius 3 is 2.86 bits per heavy atom. The van der Waals surface area contributed by atoms with Crippen molar-refractivity contribution in [1.82, 2.24) is 10.0 Å². The number of hydrogen-bond acceptors (Lipinski definition) is 5. The lowest BCUT2D eigenvalue weighted by Gasteiger charge is -2.05.